The number of nitrogens with zero attached hydrogens (tertiary/aromatic N) is 4. The maximum atomic E-state index is 4.46. The molecule has 17 heavy (non-hydrogen) atoms. The van der Waals surface area contributed by atoms with Crippen molar-refractivity contribution in [3.8, 4) is 0 Å². The molecule has 0 spiro atoms. The van der Waals surface area contributed by atoms with Crippen LogP contribution in [0, 0.1) is 13.8 Å². The largest absolute Gasteiger partial charge is 0.364 e. The number of aryl methyl sites for hydroxylation is 3. The van der Waals surface area contributed by atoms with Gasteiger partial charge in [-0.2, -0.15) is 10.2 Å². The van der Waals surface area contributed by atoms with Crippen molar-refractivity contribution in [1.82, 2.24) is 19.6 Å². The average molecular weight is 233 g/mol. The molecule has 92 valence electrons. The van der Waals surface area contributed by atoms with E-state index in [1.54, 1.807) is 0 Å². The van der Waals surface area contributed by atoms with Crippen LogP contribution in [0.4, 0.5) is 5.82 Å². The van der Waals surface area contributed by atoms with E-state index in [4.69, 9.17) is 0 Å². The molecule has 0 aromatic carbocycles. The fraction of sp³-hybridized carbons (Fsp3) is 0.500. The van der Waals surface area contributed by atoms with Gasteiger partial charge in [-0.05, 0) is 20.8 Å². The zero-order chi connectivity index (χ0) is 12.4. The summed E-state index contributed by atoms with van der Waals surface area (Å²) in [6.07, 6.45) is 1.89. The number of nitrogens with one attached hydrogen (secondary N) is 1. The number of hydrogen-bond donors (Lipinski definition) is 1. The van der Waals surface area contributed by atoms with Gasteiger partial charge in [0.15, 0.2) is 0 Å². The van der Waals surface area contributed by atoms with E-state index in [-0.39, 0.29) is 0 Å². The Morgan fingerprint density at radius 2 is 2.12 bits per heavy atom. The summed E-state index contributed by atoms with van der Waals surface area (Å²) in [4.78, 5) is 0. The van der Waals surface area contributed by atoms with E-state index in [1.165, 1.54) is 17.0 Å². The Hall–Kier alpha value is -1.78. The molecule has 0 amide bonds. The second-order valence-corrected chi connectivity index (χ2v) is 4.22. The van der Waals surface area contributed by atoms with Crippen LogP contribution in [0.3, 0.4) is 0 Å². The third-order valence-electron chi connectivity index (χ3n) is 3.08. The zero-order valence-electron chi connectivity index (χ0n) is 10.9. The van der Waals surface area contributed by atoms with Gasteiger partial charge < -0.3 is 5.32 Å². The van der Waals surface area contributed by atoms with E-state index in [2.05, 4.69) is 42.4 Å². The van der Waals surface area contributed by atoms with Crippen LogP contribution in [0.15, 0.2) is 12.3 Å². The van der Waals surface area contributed by atoms with Crippen molar-refractivity contribution >= 4 is 5.82 Å². The van der Waals surface area contributed by atoms with E-state index in [0.717, 1.165) is 18.9 Å². The molecule has 1 N–H and O–H groups in total. The molecule has 5 heteroatoms. The lowest BCUT2D eigenvalue weighted by Crippen LogP contribution is -2.03. The molecule has 0 aliphatic heterocycles. The van der Waals surface area contributed by atoms with Crippen LogP contribution in [0.1, 0.15) is 23.9 Å². The molecular formula is C12H19N5. The predicted molar refractivity (Wildman–Crippen MR) is 67.9 cm³/mol. The van der Waals surface area contributed by atoms with Gasteiger partial charge in [-0.25, -0.2) is 0 Å². The topological polar surface area (TPSA) is 47.7 Å². The Morgan fingerprint density at radius 3 is 2.65 bits per heavy atom. The summed E-state index contributed by atoms with van der Waals surface area (Å²) in [6.45, 7) is 7.89. The lowest BCUT2D eigenvalue weighted by atomic mass is 10.2. The Morgan fingerprint density at radius 1 is 1.35 bits per heavy atom. The minimum atomic E-state index is 0.764. The molecule has 5 nitrogen and oxygen atoms in total. The van der Waals surface area contributed by atoms with Crippen molar-refractivity contribution in [2.24, 2.45) is 7.05 Å². The number of rotatable bonds is 4. The highest BCUT2D eigenvalue weighted by molar-refractivity contribution is 5.37. The molecule has 2 aromatic heterocycles. The van der Waals surface area contributed by atoms with Crippen molar-refractivity contribution in [2.45, 2.75) is 33.9 Å². The summed E-state index contributed by atoms with van der Waals surface area (Å²) in [6, 6.07) is 2.06. The van der Waals surface area contributed by atoms with Gasteiger partial charge >= 0.3 is 0 Å². The molecule has 0 unspecified atom stereocenters. The first-order chi connectivity index (χ1) is 8.11. The van der Waals surface area contributed by atoms with E-state index < -0.39 is 0 Å². The Balaban J connectivity index is 2.04. The van der Waals surface area contributed by atoms with E-state index >= 15 is 0 Å². The van der Waals surface area contributed by atoms with Crippen molar-refractivity contribution in [2.75, 3.05) is 5.32 Å². The van der Waals surface area contributed by atoms with Gasteiger partial charge in [0, 0.05) is 43.2 Å². The SMILES string of the molecule is CCn1nc(NCc2cnn(C)c2C)cc1C. The average Bonchev–Trinajstić information content (AvgIpc) is 2.82. The Bertz CT molecular complexity index is 509. The smallest absolute Gasteiger partial charge is 0.148 e. The molecule has 2 heterocycles. The van der Waals surface area contributed by atoms with Crippen LogP contribution in [-0.2, 0) is 20.1 Å². The maximum absolute atomic E-state index is 4.46. The highest BCUT2D eigenvalue weighted by Crippen LogP contribution is 2.11. The predicted octanol–water partition coefficient (Wildman–Crippen LogP) is 1.87. The van der Waals surface area contributed by atoms with E-state index in [0.29, 0.717) is 0 Å². The van der Waals surface area contributed by atoms with E-state index in [9.17, 15) is 0 Å². The molecule has 0 saturated carbocycles. The highest BCUT2D eigenvalue weighted by Gasteiger charge is 2.05. The quantitative estimate of drug-likeness (QED) is 0.877. The summed E-state index contributed by atoms with van der Waals surface area (Å²) in [7, 11) is 1.95. The van der Waals surface area contributed by atoms with Crippen LogP contribution in [0.2, 0.25) is 0 Å². The highest BCUT2D eigenvalue weighted by atomic mass is 15.3. The minimum Gasteiger partial charge on any atom is -0.364 e. The second kappa shape index (κ2) is 4.61. The third kappa shape index (κ3) is 2.33. The maximum Gasteiger partial charge on any atom is 0.148 e. The second-order valence-electron chi connectivity index (χ2n) is 4.22. The lowest BCUT2D eigenvalue weighted by Gasteiger charge is -2.02. The van der Waals surface area contributed by atoms with E-state index in [1.807, 2.05) is 22.6 Å². The van der Waals surface area contributed by atoms with Crippen molar-refractivity contribution in [1.29, 1.82) is 0 Å². The molecule has 0 fully saturated rings. The monoisotopic (exact) mass is 233 g/mol. The van der Waals surface area contributed by atoms with Gasteiger partial charge in [-0.3, -0.25) is 9.36 Å². The van der Waals surface area contributed by atoms with Gasteiger partial charge in [-0.1, -0.05) is 0 Å². The van der Waals surface area contributed by atoms with Gasteiger partial charge in [0.25, 0.3) is 0 Å². The molecule has 2 rings (SSSR count). The van der Waals surface area contributed by atoms with Crippen LogP contribution >= 0.6 is 0 Å². The lowest BCUT2D eigenvalue weighted by molar-refractivity contribution is 0.641. The summed E-state index contributed by atoms with van der Waals surface area (Å²) >= 11 is 0. The summed E-state index contributed by atoms with van der Waals surface area (Å²) < 4.78 is 3.87. The first-order valence-corrected chi connectivity index (χ1v) is 5.87. The first kappa shape index (κ1) is 11.7. The summed E-state index contributed by atoms with van der Waals surface area (Å²) in [5.41, 5.74) is 3.57. The zero-order valence-corrected chi connectivity index (χ0v) is 10.9. The molecule has 0 bridgehead atoms. The number of hydrogen-bond acceptors (Lipinski definition) is 3. The van der Waals surface area contributed by atoms with Gasteiger partial charge in [0.2, 0.25) is 0 Å². The van der Waals surface area contributed by atoms with Gasteiger partial charge in [0.05, 0.1) is 6.20 Å². The van der Waals surface area contributed by atoms with Gasteiger partial charge in [0.1, 0.15) is 5.82 Å². The molecule has 0 radical (unpaired) electrons. The van der Waals surface area contributed by atoms with Crippen LogP contribution < -0.4 is 5.32 Å². The fourth-order valence-electron chi connectivity index (χ4n) is 1.82. The van der Waals surface area contributed by atoms with Crippen LogP contribution in [0.25, 0.3) is 0 Å². The number of anilines is 1. The molecule has 0 aliphatic rings. The molecule has 2 aromatic rings. The van der Waals surface area contributed by atoms with Crippen molar-refractivity contribution in [3.05, 3.63) is 29.2 Å². The molecular weight excluding hydrogens is 214 g/mol. The van der Waals surface area contributed by atoms with Crippen LogP contribution in [-0.4, -0.2) is 19.6 Å². The van der Waals surface area contributed by atoms with Gasteiger partial charge in [-0.15, -0.1) is 0 Å². The number of aromatic nitrogens is 4. The summed E-state index contributed by atoms with van der Waals surface area (Å²) in [5, 5.41) is 12.0. The van der Waals surface area contributed by atoms with Crippen molar-refractivity contribution < 1.29 is 0 Å². The van der Waals surface area contributed by atoms with Crippen molar-refractivity contribution in [3.63, 3.8) is 0 Å². The summed E-state index contributed by atoms with van der Waals surface area (Å²) in [5.74, 6) is 0.924. The Kier molecular flexibility index (Phi) is 3.17. The minimum absolute atomic E-state index is 0.764. The third-order valence-corrected chi connectivity index (χ3v) is 3.08. The standard InChI is InChI=1S/C12H19N5/c1-5-17-9(2)6-12(15-17)13-7-11-8-14-16(4)10(11)3/h6,8H,5,7H2,1-4H3,(H,13,15). The Labute approximate surface area is 101 Å². The molecule has 0 saturated heterocycles. The first-order valence-electron chi connectivity index (χ1n) is 5.87. The van der Waals surface area contributed by atoms with Crippen LogP contribution in [0.5, 0.6) is 0 Å². The molecule has 0 atom stereocenters. The normalized spacial score (nSPS) is 10.8. The fourth-order valence-corrected chi connectivity index (χ4v) is 1.82. The molecule has 0 aliphatic carbocycles.